The fraction of sp³-hybridized carbons (Fsp3) is 0.417. The van der Waals surface area contributed by atoms with E-state index in [9.17, 15) is 4.79 Å². The van der Waals surface area contributed by atoms with Gasteiger partial charge in [0.2, 0.25) is 0 Å². The van der Waals surface area contributed by atoms with E-state index in [1.54, 1.807) is 12.1 Å². The van der Waals surface area contributed by atoms with Gasteiger partial charge in [-0.2, -0.15) is 0 Å². The van der Waals surface area contributed by atoms with E-state index in [0.29, 0.717) is 11.5 Å². The Hall–Kier alpha value is -1.51. The molecule has 1 saturated heterocycles. The van der Waals surface area contributed by atoms with Crippen LogP contribution in [-0.4, -0.2) is 24.2 Å². The predicted molar refractivity (Wildman–Crippen MR) is 59.4 cm³/mol. The number of hydrogen-bond donors (Lipinski definition) is 1. The summed E-state index contributed by atoms with van der Waals surface area (Å²) in [6, 6.07) is 7.22. The molecule has 1 heterocycles. The van der Waals surface area contributed by atoms with Crippen LogP contribution in [0.15, 0.2) is 24.3 Å². The lowest BCUT2D eigenvalue weighted by atomic mass is 10.1. The molecule has 0 aromatic heterocycles. The molecule has 80 valence electrons. The number of carboxylic acid groups (broad SMARTS) is 1. The van der Waals surface area contributed by atoms with Crippen molar-refractivity contribution in [1.29, 1.82) is 0 Å². The molecule has 1 aromatic carbocycles. The van der Waals surface area contributed by atoms with Gasteiger partial charge < -0.3 is 10.0 Å². The first-order valence-corrected chi connectivity index (χ1v) is 5.25. The molecule has 0 amide bonds. The number of carboxylic acids is 1. The van der Waals surface area contributed by atoms with Gasteiger partial charge in [-0.15, -0.1) is 0 Å². The summed E-state index contributed by atoms with van der Waals surface area (Å²) in [7, 11) is 0. The maximum Gasteiger partial charge on any atom is 0.337 e. The molecule has 1 aromatic rings. The smallest absolute Gasteiger partial charge is 0.337 e. The van der Waals surface area contributed by atoms with Gasteiger partial charge >= 0.3 is 5.97 Å². The number of carbonyl (C=O) groups is 1. The summed E-state index contributed by atoms with van der Waals surface area (Å²) in [5, 5.41) is 9.07. The molecule has 15 heavy (non-hydrogen) atoms. The Morgan fingerprint density at radius 3 is 2.80 bits per heavy atom. The van der Waals surface area contributed by atoms with Crippen LogP contribution in [0.25, 0.3) is 0 Å². The summed E-state index contributed by atoms with van der Waals surface area (Å²) in [5.74, 6) is -0.183. The van der Waals surface area contributed by atoms with Gasteiger partial charge in [0.15, 0.2) is 0 Å². The molecule has 2 rings (SSSR count). The Balaban J connectivity index is 2.31. The van der Waals surface area contributed by atoms with Crippen molar-refractivity contribution in [3.05, 3.63) is 29.8 Å². The highest BCUT2D eigenvalue weighted by molar-refractivity contribution is 5.94. The summed E-state index contributed by atoms with van der Waals surface area (Å²) in [5.41, 5.74) is 1.26. The van der Waals surface area contributed by atoms with Crippen LogP contribution in [0.1, 0.15) is 23.7 Å². The van der Waals surface area contributed by atoms with E-state index in [1.807, 2.05) is 12.1 Å². The minimum Gasteiger partial charge on any atom is -0.478 e. The molecule has 1 N–H and O–H groups in total. The number of para-hydroxylation sites is 1. The van der Waals surface area contributed by atoms with Crippen LogP contribution in [0.4, 0.5) is 5.69 Å². The van der Waals surface area contributed by atoms with Crippen LogP contribution in [0.5, 0.6) is 0 Å². The van der Waals surface area contributed by atoms with Crippen molar-refractivity contribution in [3.8, 4) is 0 Å². The number of aromatic carboxylic acids is 1. The third kappa shape index (κ3) is 1.96. The first-order valence-electron chi connectivity index (χ1n) is 5.25. The Labute approximate surface area is 89.3 Å². The molecule has 1 aliphatic rings. The van der Waals surface area contributed by atoms with Gasteiger partial charge in [0.1, 0.15) is 0 Å². The second-order valence-electron chi connectivity index (χ2n) is 4.16. The van der Waals surface area contributed by atoms with Gasteiger partial charge in [-0.3, -0.25) is 0 Å². The van der Waals surface area contributed by atoms with Crippen molar-refractivity contribution < 1.29 is 9.90 Å². The van der Waals surface area contributed by atoms with E-state index in [-0.39, 0.29) is 0 Å². The first kappa shape index (κ1) is 10.0. The molecule has 0 spiro atoms. The molecule has 1 unspecified atom stereocenters. The molecule has 0 bridgehead atoms. The Morgan fingerprint density at radius 2 is 2.20 bits per heavy atom. The van der Waals surface area contributed by atoms with Gasteiger partial charge in [-0.05, 0) is 24.5 Å². The second-order valence-corrected chi connectivity index (χ2v) is 4.16. The topological polar surface area (TPSA) is 40.5 Å². The van der Waals surface area contributed by atoms with E-state index in [0.717, 1.165) is 25.2 Å². The number of rotatable bonds is 2. The van der Waals surface area contributed by atoms with Crippen molar-refractivity contribution in [2.24, 2.45) is 5.92 Å². The summed E-state index contributed by atoms with van der Waals surface area (Å²) < 4.78 is 0. The zero-order chi connectivity index (χ0) is 10.8. The third-order valence-corrected chi connectivity index (χ3v) is 2.90. The Bertz CT molecular complexity index is 376. The molecule has 0 aliphatic carbocycles. The first-order chi connectivity index (χ1) is 7.18. The highest BCUT2D eigenvalue weighted by Gasteiger charge is 2.22. The van der Waals surface area contributed by atoms with E-state index in [2.05, 4.69) is 11.8 Å². The van der Waals surface area contributed by atoms with E-state index >= 15 is 0 Å². The monoisotopic (exact) mass is 205 g/mol. The van der Waals surface area contributed by atoms with Gasteiger partial charge in [-0.1, -0.05) is 19.1 Å². The number of benzene rings is 1. The third-order valence-electron chi connectivity index (χ3n) is 2.90. The molecule has 0 saturated carbocycles. The number of nitrogens with zero attached hydrogens (tertiary/aromatic N) is 1. The normalized spacial score (nSPS) is 20.6. The zero-order valence-electron chi connectivity index (χ0n) is 8.81. The molecule has 3 heteroatoms. The maximum atomic E-state index is 11.0. The van der Waals surface area contributed by atoms with E-state index in [1.165, 1.54) is 0 Å². The average molecular weight is 205 g/mol. The summed E-state index contributed by atoms with van der Waals surface area (Å²) >= 11 is 0. The fourth-order valence-corrected chi connectivity index (χ4v) is 2.08. The lowest BCUT2D eigenvalue weighted by Crippen LogP contribution is -2.21. The molecular formula is C12H15NO2. The standard InChI is InChI=1S/C12H15NO2/c1-9-6-7-13(8-9)11-5-3-2-4-10(11)12(14)15/h2-5,9H,6-8H2,1H3,(H,14,15). The van der Waals surface area contributed by atoms with Crippen LogP contribution in [0.2, 0.25) is 0 Å². The van der Waals surface area contributed by atoms with Crippen LogP contribution < -0.4 is 4.90 Å². The molecule has 1 atom stereocenters. The number of anilines is 1. The average Bonchev–Trinajstić information content (AvgIpc) is 2.65. The number of hydrogen-bond acceptors (Lipinski definition) is 2. The zero-order valence-corrected chi connectivity index (χ0v) is 8.81. The summed E-state index contributed by atoms with van der Waals surface area (Å²) in [6.07, 6.45) is 1.15. The van der Waals surface area contributed by atoms with Crippen molar-refractivity contribution in [2.45, 2.75) is 13.3 Å². The summed E-state index contributed by atoms with van der Waals surface area (Å²) in [6.45, 7) is 4.12. The highest BCUT2D eigenvalue weighted by atomic mass is 16.4. The van der Waals surface area contributed by atoms with Crippen LogP contribution in [0.3, 0.4) is 0 Å². The van der Waals surface area contributed by atoms with Crippen molar-refractivity contribution in [1.82, 2.24) is 0 Å². The van der Waals surface area contributed by atoms with Crippen molar-refractivity contribution in [2.75, 3.05) is 18.0 Å². The molecule has 0 radical (unpaired) electrons. The minimum atomic E-state index is -0.842. The minimum absolute atomic E-state index is 0.409. The largest absolute Gasteiger partial charge is 0.478 e. The van der Waals surface area contributed by atoms with Crippen molar-refractivity contribution in [3.63, 3.8) is 0 Å². The van der Waals surface area contributed by atoms with Gasteiger partial charge in [0.05, 0.1) is 11.3 Å². The molecular weight excluding hydrogens is 190 g/mol. The quantitative estimate of drug-likeness (QED) is 0.804. The lowest BCUT2D eigenvalue weighted by molar-refractivity contribution is 0.0697. The van der Waals surface area contributed by atoms with E-state index < -0.39 is 5.97 Å². The summed E-state index contributed by atoms with van der Waals surface area (Å²) in [4.78, 5) is 13.2. The van der Waals surface area contributed by atoms with E-state index in [4.69, 9.17) is 5.11 Å². The van der Waals surface area contributed by atoms with Gasteiger partial charge in [0.25, 0.3) is 0 Å². The Morgan fingerprint density at radius 1 is 1.47 bits per heavy atom. The molecule has 3 nitrogen and oxygen atoms in total. The highest BCUT2D eigenvalue weighted by Crippen LogP contribution is 2.26. The van der Waals surface area contributed by atoms with Crippen LogP contribution in [0, 0.1) is 5.92 Å². The second kappa shape index (κ2) is 3.93. The fourth-order valence-electron chi connectivity index (χ4n) is 2.08. The van der Waals surface area contributed by atoms with Gasteiger partial charge in [0, 0.05) is 13.1 Å². The predicted octanol–water partition coefficient (Wildman–Crippen LogP) is 2.23. The van der Waals surface area contributed by atoms with Crippen LogP contribution in [-0.2, 0) is 0 Å². The lowest BCUT2D eigenvalue weighted by Gasteiger charge is -2.20. The SMILES string of the molecule is CC1CCN(c2ccccc2C(=O)O)C1. The van der Waals surface area contributed by atoms with Gasteiger partial charge in [-0.25, -0.2) is 4.79 Å². The van der Waals surface area contributed by atoms with Crippen molar-refractivity contribution >= 4 is 11.7 Å². The Kier molecular flexibility index (Phi) is 2.62. The molecule has 1 fully saturated rings. The molecule has 1 aliphatic heterocycles. The maximum absolute atomic E-state index is 11.0. The van der Waals surface area contributed by atoms with Crippen LogP contribution >= 0.6 is 0 Å².